The van der Waals surface area contributed by atoms with Crippen molar-refractivity contribution in [2.75, 3.05) is 36.5 Å². The summed E-state index contributed by atoms with van der Waals surface area (Å²) in [5, 5.41) is 21.9. The van der Waals surface area contributed by atoms with Crippen LogP contribution in [0.15, 0.2) is 43.1 Å². The molecule has 2 aromatic heterocycles. The van der Waals surface area contributed by atoms with E-state index in [1.165, 1.54) is 34.0 Å². The molecule has 1 fully saturated rings. The topological polar surface area (TPSA) is 119 Å². The summed E-state index contributed by atoms with van der Waals surface area (Å²) in [5.41, 5.74) is -0.117. The van der Waals surface area contributed by atoms with E-state index >= 15 is 4.39 Å². The molecule has 0 spiro atoms. The first-order chi connectivity index (χ1) is 20.3. The van der Waals surface area contributed by atoms with E-state index in [1.807, 2.05) is 13.8 Å². The number of rotatable bonds is 7. The van der Waals surface area contributed by atoms with Crippen molar-refractivity contribution in [1.82, 2.24) is 14.9 Å². The fraction of sp³-hybridized carbons (Fsp3) is 0.333. The Labute approximate surface area is 251 Å². The van der Waals surface area contributed by atoms with Gasteiger partial charge in [-0.3, -0.25) is 19.5 Å². The monoisotopic (exact) mass is 613 g/mol. The number of benzene rings is 1. The van der Waals surface area contributed by atoms with E-state index in [4.69, 9.17) is 16.3 Å². The lowest BCUT2D eigenvalue weighted by atomic mass is 9.91. The van der Waals surface area contributed by atoms with Crippen molar-refractivity contribution < 1.29 is 33.3 Å². The highest BCUT2D eigenvalue weighted by Crippen LogP contribution is 2.47. The third kappa shape index (κ3) is 4.98. The van der Waals surface area contributed by atoms with E-state index in [2.05, 4.69) is 16.5 Å². The van der Waals surface area contributed by atoms with Crippen LogP contribution < -0.4 is 9.80 Å². The number of aliphatic hydroxyl groups is 1. The summed E-state index contributed by atoms with van der Waals surface area (Å²) < 4.78 is 35.1. The van der Waals surface area contributed by atoms with Crippen molar-refractivity contribution >= 4 is 40.6 Å². The Bertz CT molecular complexity index is 1650. The number of phenolic OH excluding ortho intramolecular Hbond substituents is 1. The molecule has 1 aromatic carbocycles. The number of fused-ring (bicyclic) bond motifs is 1. The number of ether oxygens (including phenoxy) is 1. The van der Waals surface area contributed by atoms with Gasteiger partial charge in [0.1, 0.15) is 11.4 Å². The zero-order valence-corrected chi connectivity index (χ0v) is 24.7. The largest absolute Gasteiger partial charge is 0.507 e. The van der Waals surface area contributed by atoms with Crippen molar-refractivity contribution in [3.8, 4) is 17.0 Å². The summed E-state index contributed by atoms with van der Waals surface area (Å²) in [4.78, 5) is 39.1. The Hall–Kier alpha value is -4.13. The van der Waals surface area contributed by atoms with Gasteiger partial charge in [0.15, 0.2) is 17.5 Å². The maximum atomic E-state index is 15.1. The molecule has 10 nitrogen and oxygen atoms in total. The van der Waals surface area contributed by atoms with E-state index in [0.29, 0.717) is 16.9 Å². The third-order valence-electron chi connectivity index (χ3n) is 7.76. The van der Waals surface area contributed by atoms with E-state index in [1.54, 1.807) is 19.2 Å². The number of aromatic hydroxyl groups is 1. The van der Waals surface area contributed by atoms with Gasteiger partial charge in [0.25, 0.3) is 5.91 Å². The number of likely N-dealkylation sites (tertiary alicyclic amines) is 1. The van der Waals surface area contributed by atoms with Crippen LogP contribution in [0.5, 0.6) is 5.75 Å². The maximum absolute atomic E-state index is 15.1. The first-order valence-corrected chi connectivity index (χ1v) is 13.8. The molecule has 3 aromatic rings. The first-order valence-electron chi connectivity index (χ1n) is 13.4. The second-order valence-electron chi connectivity index (χ2n) is 10.9. The van der Waals surface area contributed by atoms with Crippen molar-refractivity contribution in [1.29, 1.82) is 0 Å². The lowest BCUT2D eigenvalue weighted by Crippen LogP contribution is -2.70. The molecule has 2 aliphatic rings. The van der Waals surface area contributed by atoms with Gasteiger partial charge in [-0.1, -0.05) is 32.0 Å². The number of aromatic nitrogens is 2. The molecule has 43 heavy (non-hydrogen) atoms. The number of methoxy groups -OCH3 is 1. The molecule has 2 aliphatic heterocycles. The number of hydrogen-bond acceptors (Lipinski definition) is 8. The van der Waals surface area contributed by atoms with E-state index in [-0.39, 0.29) is 53.7 Å². The highest BCUT2D eigenvalue weighted by molar-refractivity contribution is 6.33. The number of aliphatic hydroxyl groups excluding tert-OH is 1. The maximum Gasteiger partial charge on any atom is 0.277 e. The molecular weight excluding hydrogens is 584 g/mol. The second kappa shape index (κ2) is 11.2. The van der Waals surface area contributed by atoms with Crippen LogP contribution in [0.25, 0.3) is 11.3 Å². The molecule has 5 rings (SSSR count). The van der Waals surface area contributed by atoms with Gasteiger partial charge in [0.05, 0.1) is 53.0 Å². The van der Waals surface area contributed by atoms with Crippen LogP contribution in [-0.2, 0) is 14.3 Å². The molecule has 13 heteroatoms. The van der Waals surface area contributed by atoms with Gasteiger partial charge in [-0.25, -0.2) is 13.8 Å². The van der Waals surface area contributed by atoms with Crippen molar-refractivity contribution in [3.05, 3.63) is 71.0 Å². The standard InChI is InChI=1S/C30H30ClF2N5O5/c1-6-21(40)36-12-30(13-36,43-5)14-37-19-11-17(31)25(22-20(39)8-7-18(32)23(22)33)35-27(19)38(29(42)28(37)41)26-16(4)9-10-34-24(26)15(2)3/h6-11,15,29,39,42H,1,12-14H2,2-5H3. The lowest BCUT2D eigenvalue weighted by molar-refractivity contribution is -0.155. The van der Waals surface area contributed by atoms with Crippen LogP contribution in [0.2, 0.25) is 5.02 Å². The minimum Gasteiger partial charge on any atom is -0.507 e. The first kappa shape index (κ1) is 30.3. The Morgan fingerprint density at radius 3 is 2.63 bits per heavy atom. The molecule has 0 aliphatic carbocycles. The average molecular weight is 614 g/mol. The minimum atomic E-state index is -1.82. The molecule has 1 unspecified atom stereocenters. The van der Waals surface area contributed by atoms with Crippen LogP contribution in [0, 0.1) is 18.6 Å². The van der Waals surface area contributed by atoms with Gasteiger partial charge in [-0.2, -0.15) is 0 Å². The van der Waals surface area contributed by atoms with E-state index in [0.717, 1.165) is 12.1 Å². The predicted molar refractivity (Wildman–Crippen MR) is 156 cm³/mol. The van der Waals surface area contributed by atoms with Gasteiger partial charge in [0, 0.05) is 13.3 Å². The van der Waals surface area contributed by atoms with Crippen molar-refractivity contribution in [2.24, 2.45) is 0 Å². The molecule has 226 valence electrons. The number of halogens is 3. The molecule has 1 atom stereocenters. The molecule has 4 heterocycles. The second-order valence-corrected chi connectivity index (χ2v) is 11.3. The summed E-state index contributed by atoms with van der Waals surface area (Å²) >= 11 is 6.60. The minimum absolute atomic E-state index is 0.0165. The van der Waals surface area contributed by atoms with Gasteiger partial charge >= 0.3 is 0 Å². The van der Waals surface area contributed by atoms with Crippen molar-refractivity contribution in [3.63, 3.8) is 0 Å². The fourth-order valence-corrected chi connectivity index (χ4v) is 5.73. The fourth-order valence-electron chi connectivity index (χ4n) is 5.49. The Balaban J connectivity index is 1.74. The summed E-state index contributed by atoms with van der Waals surface area (Å²) in [7, 11) is 1.45. The zero-order chi connectivity index (χ0) is 31.4. The Kier molecular flexibility index (Phi) is 7.88. The molecule has 0 radical (unpaired) electrons. The smallest absolute Gasteiger partial charge is 0.277 e. The Morgan fingerprint density at radius 2 is 2.00 bits per heavy atom. The van der Waals surface area contributed by atoms with Gasteiger partial charge in [-0.05, 0) is 48.7 Å². The number of amides is 2. The molecule has 2 amide bonds. The number of carbonyl (C=O) groups excluding carboxylic acids is 2. The SMILES string of the molecule is C=CC(=O)N1CC(CN2C(=O)C(O)N(c3c(C)ccnc3C(C)C)c3nc(-c4c(O)ccc(F)c4F)c(Cl)cc32)(OC)C1. The summed E-state index contributed by atoms with van der Waals surface area (Å²) in [5.74, 6) is -4.40. The van der Waals surface area contributed by atoms with Crippen LogP contribution in [0.4, 0.5) is 26.0 Å². The highest BCUT2D eigenvalue weighted by Gasteiger charge is 2.50. The van der Waals surface area contributed by atoms with Crippen LogP contribution in [0.3, 0.4) is 0 Å². The molecule has 0 saturated carbocycles. The number of pyridine rings is 2. The molecule has 0 bridgehead atoms. The Morgan fingerprint density at radius 1 is 1.30 bits per heavy atom. The summed E-state index contributed by atoms with van der Waals surface area (Å²) in [6, 6.07) is 4.80. The predicted octanol–water partition coefficient (Wildman–Crippen LogP) is 4.43. The van der Waals surface area contributed by atoms with E-state index in [9.17, 15) is 24.2 Å². The van der Waals surface area contributed by atoms with Crippen LogP contribution >= 0.6 is 11.6 Å². The molecular formula is C30H30ClF2N5O5. The number of phenols is 1. The molecule has 1 saturated heterocycles. The number of carbonyl (C=O) groups is 2. The normalized spacial score (nSPS) is 17.7. The highest BCUT2D eigenvalue weighted by atomic mass is 35.5. The quantitative estimate of drug-likeness (QED) is 0.376. The van der Waals surface area contributed by atoms with Crippen LogP contribution in [0.1, 0.15) is 31.0 Å². The number of hydrogen-bond donors (Lipinski definition) is 2. The molecule has 2 N–H and O–H groups in total. The average Bonchev–Trinajstić information content (AvgIpc) is 2.95. The van der Waals surface area contributed by atoms with Crippen LogP contribution in [-0.4, -0.2) is 75.5 Å². The third-order valence-corrected chi connectivity index (χ3v) is 8.05. The summed E-state index contributed by atoms with van der Waals surface area (Å²) in [6.45, 7) is 9.26. The number of anilines is 3. The number of aryl methyl sites for hydroxylation is 1. The van der Waals surface area contributed by atoms with Gasteiger partial charge < -0.3 is 24.7 Å². The van der Waals surface area contributed by atoms with Gasteiger partial charge in [-0.15, -0.1) is 0 Å². The van der Waals surface area contributed by atoms with Crippen molar-refractivity contribution in [2.45, 2.75) is 38.5 Å². The summed E-state index contributed by atoms with van der Waals surface area (Å²) in [6.07, 6.45) is 0.965. The van der Waals surface area contributed by atoms with E-state index < -0.39 is 40.7 Å². The zero-order valence-electron chi connectivity index (χ0n) is 23.9. The van der Waals surface area contributed by atoms with Gasteiger partial charge in [0.2, 0.25) is 12.1 Å². The number of nitrogens with zero attached hydrogens (tertiary/aromatic N) is 5. The lowest BCUT2D eigenvalue weighted by Gasteiger charge is -2.51.